The molecular formula is C14H24N4O2. The fourth-order valence-corrected chi connectivity index (χ4v) is 2.72. The highest BCUT2D eigenvalue weighted by Crippen LogP contribution is 2.22. The molecule has 0 saturated carbocycles. The summed E-state index contributed by atoms with van der Waals surface area (Å²) in [5, 5.41) is 4.23. The number of rotatable bonds is 4. The molecule has 2 rings (SSSR count). The Morgan fingerprint density at radius 3 is 2.85 bits per heavy atom. The Kier molecular flexibility index (Phi) is 4.77. The van der Waals surface area contributed by atoms with Gasteiger partial charge in [0.2, 0.25) is 5.78 Å². The van der Waals surface area contributed by atoms with Gasteiger partial charge in [0.05, 0.1) is 19.3 Å². The van der Waals surface area contributed by atoms with Crippen molar-refractivity contribution >= 4 is 5.78 Å². The molecule has 1 fully saturated rings. The Balaban J connectivity index is 2.31. The van der Waals surface area contributed by atoms with Crippen molar-refractivity contribution in [3.05, 3.63) is 11.9 Å². The minimum absolute atomic E-state index is 0.0949. The normalized spacial score (nSPS) is 21.7. The lowest BCUT2D eigenvalue weighted by molar-refractivity contribution is 0.0825. The molecule has 1 aliphatic rings. The van der Waals surface area contributed by atoms with E-state index in [9.17, 15) is 4.79 Å². The maximum atomic E-state index is 12.9. The second-order valence-electron chi connectivity index (χ2n) is 5.35. The molecule has 2 heterocycles. The van der Waals surface area contributed by atoms with Gasteiger partial charge in [-0.15, -0.1) is 0 Å². The van der Waals surface area contributed by atoms with Crippen molar-refractivity contribution in [2.45, 2.75) is 25.9 Å². The third-order valence-corrected chi connectivity index (χ3v) is 3.93. The summed E-state index contributed by atoms with van der Waals surface area (Å²) in [5.74, 6) is 0.662. The monoisotopic (exact) mass is 280 g/mol. The van der Waals surface area contributed by atoms with E-state index in [4.69, 9.17) is 4.74 Å². The van der Waals surface area contributed by atoms with E-state index in [0.717, 1.165) is 26.1 Å². The quantitative estimate of drug-likeness (QED) is 0.761. The first-order chi connectivity index (χ1) is 9.58. The Bertz CT molecular complexity index is 450. The van der Waals surface area contributed by atoms with Gasteiger partial charge in [-0.3, -0.25) is 14.4 Å². The molecular weight excluding hydrogens is 256 g/mol. The highest BCUT2D eigenvalue weighted by atomic mass is 16.5. The van der Waals surface area contributed by atoms with Gasteiger partial charge in [0.15, 0.2) is 5.75 Å². The molecule has 6 heteroatoms. The number of hydrogen-bond acceptors (Lipinski definition) is 5. The molecule has 1 aliphatic heterocycles. The van der Waals surface area contributed by atoms with E-state index in [-0.39, 0.29) is 11.8 Å². The smallest absolute Gasteiger partial charge is 0.203 e. The average molecular weight is 280 g/mol. The average Bonchev–Trinajstić information content (AvgIpc) is 2.78. The van der Waals surface area contributed by atoms with Crippen molar-refractivity contribution in [2.24, 2.45) is 0 Å². The molecule has 1 unspecified atom stereocenters. The van der Waals surface area contributed by atoms with Gasteiger partial charge in [0, 0.05) is 13.1 Å². The first-order valence-corrected chi connectivity index (χ1v) is 7.11. The Labute approximate surface area is 120 Å². The molecule has 0 spiro atoms. The number of hydrogen-bond donors (Lipinski definition) is 0. The van der Waals surface area contributed by atoms with Gasteiger partial charge in [-0.2, -0.15) is 5.10 Å². The number of aryl methyl sites for hydroxylation is 1. The van der Waals surface area contributed by atoms with Crippen LogP contribution in [0.4, 0.5) is 0 Å². The second kappa shape index (κ2) is 6.37. The van der Waals surface area contributed by atoms with Crippen molar-refractivity contribution in [2.75, 3.05) is 40.8 Å². The number of carbonyl (C=O) groups excluding carboxylic acids is 1. The highest BCUT2D eigenvalue weighted by molar-refractivity contribution is 6.01. The summed E-state index contributed by atoms with van der Waals surface area (Å²) in [7, 11) is 5.66. The van der Waals surface area contributed by atoms with E-state index in [1.165, 1.54) is 0 Å². The van der Waals surface area contributed by atoms with E-state index in [1.54, 1.807) is 18.0 Å². The second-order valence-corrected chi connectivity index (χ2v) is 5.35. The number of nitrogens with zero attached hydrogens (tertiary/aromatic N) is 4. The summed E-state index contributed by atoms with van der Waals surface area (Å²) in [5.41, 5.74) is 0.585. The minimum Gasteiger partial charge on any atom is -0.493 e. The molecule has 1 atom stereocenters. The van der Waals surface area contributed by atoms with Crippen LogP contribution in [0.25, 0.3) is 0 Å². The lowest BCUT2D eigenvalue weighted by atomic mass is 10.1. The van der Waals surface area contributed by atoms with Gasteiger partial charge >= 0.3 is 0 Å². The standard InChI is InChI=1S/C14H24N4O2/c1-5-18-13(12(20-4)9-15-18)14(19)11-10-16(2)7-6-8-17(11)3/h9,11H,5-8,10H2,1-4H3. The van der Waals surface area contributed by atoms with Crippen molar-refractivity contribution in [3.8, 4) is 5.75 Å². The van der Waals surface area contributed by atoms with E-state index in [1.807, 2.05) is 14.0 Å². The third-order valence-electron chi connectivity index (χ3n) is 3.93. The van der Waals surface area contributed by atoms with Crippen LogP contribution >= 0.6 is 0 Å². The molecule has 6 nitrogen and oxygen atoms in total. The van der Waals surface area contributed by atoms with E-state index < -0.39 is 0 Å². The fourth-order valence-electron chi connectivity index (χ4n) is 2.72. The molecule has 20 heavy (non-hydrogen) atoms. The van der Waals surface area contributed by atoms with Crippen LogP contribution in [-0.2, 0) is 6.54 Å². The largest absolute Gasteiger partial charge is 0.493 e. The third kappa shape index (κ3) is 2.86. The predicted octanol–water partition coefficient (Wildman–Crippen LogP) is 0.730. The van der Waals surface area contributed by atoms with Gasteiger partial charge in [-0.05, 0) is 40.5 Å². The van der Waals surface area contributed by atoms with Crippen molar-refractivity contribution in [3.63, 3.8) is 0 Å². The molecule has 1 saturated heterocycles. The maximum Gasteiger partial charge on any atom is 0.203 e. The first-order valence-electron chi connectivity index (χ1n) is 7.11. The number of carbonyl (C=O) groups is 1. The Hall–Kier alpha value is -1.40. The molecule has 0 bridgehead atoms. The zero-order chi connectivity index (χ0) is 14.7. The van der Waals surface area contributed by atoms with E-state index in [0.29, 0.717) is 18.0 Å². The summed E-state index contributed by atoms with van der Waals surface area (Å²) in [4.78, 5) is 17.3. The van der Waals surface area contributed by atoms with Crippen LogP contribution in [-0.4, -0.2) is 72.2 Å². The molecule has 0 aromatic carbocycles. The van der Waals surface area contributed by atoms with E-state index in [2.05, 4.69) is 21.9 Å². The van der Waals surface area contributed by atoms with Gasteiger partial charge in [-0.25, -0.2) is 0 Å². The molecule has 0 amide bonds. The van der Waals surface area contributed by atoms with Crippen LogP contribution in [0.2, 0.25) is 0 Å². The predicted molar refractivity (Wildman–Crippen MR) is 77.3 cm³/mol. The number of aromatic nitrogens is 2. The van der Waals surface area contributed by atoms with E-state index >= 15 is 0 Å². The summed E-state index contributed by atoms with van der Waals surface area (Å²) >= 11 is 0. The van der Waals surface area contributed by atoms with Gasteiger partial charge in [0.1, 0.15) is 5.69 Å². The summed E-state index contributed by atoms with van der Waals surface area (Å²) < 4.78 is 7.02. The molecule has 0 N–H and O–H groups in total. The molecule has 1 aromatic rings. The maximum absolute atomic E-state index is 12.9. The van der Waals surface area contributed by atoms with Crippen LogP contribution in [0, 0.1) is 0 Å². The first kappa shape index (κ1) is 15.0. The van der Waals surface area contributed by atoms with Crippen LogP contribution in [0.1, 0.15) is 23.8 Å². The summed E-state index contributed by atoms with van der Waals surface area (Å²) in [6, 6.07) is -0.140. The number of ketones is 1. The number of Topliss-reactive ketones (excluding diaryl/α,β-unsaturated/α-hetero) is 1. The van der Waals surface area contributed by atoms with Gasteiger partial charge < -0.3 is 9.64 Å². The summed E-state index contributed by atoms with van der Waals surface area (Å²) in [6.45, 7) is 5.35. The van der Waals surface area contributed by atoms with Crippen molar-refractivity contribution in [1.29, 1.82) is 0 Å². The fraction of sp³-hybridized carbons (Fsp3) is 0.714. The topological polar surface area (TPSA) is 50.6 Å². The van der Waals surface area contributed by atoms with Gasteiger partial charge in [0.25, 0.3) is 0 Å². The van der Waals surface area contributed by atoms with Crippen LogP contribution < -0.4 is 4.74 Å². The lowest BCUT2D eigenvalue weighted by Gasteiger charge is -2.26. The SMILES string of the molecule is CCn1ncc(OC)c1C(=O)C1CN(C)CCCN1C. The Morgan fingerprint density at radius 2 is 2.20 bits per heavy atom. The van der Waals surface area contributed by atoms with Crippen molar-refractivity contribution in [1.82, 2.24) is 19.6 Å². The summed E-state index contributed by atoms with van der Waals surface area (Å²) in [6.07, 6.45) is 2.71. The molecule has 1 aromatic heterocycles. The Morgan fingerprint density at radius 1 is 1.45 bits per heavy atom. The van der Waals surface area contributed by atoms with Crippen LogP contribution in [0.15, 0.2) is 6.20 Å². The zero-order valence-corrected chi connectivity index (χ0v) is 12.8. The highest BCUT2D eigenvalue weighted by Gasteiger charge is 2.31. The number of likely N-dealkylation sites (N-methyl/N-ethyl adjacent to an activating group) is 2. The van der Waals surface area contributed by atoms with Crippen LogP contribution in [0.3, 0.4) is 0 Å². The minimum atomic E-state index is -0.140. The molecule has 0 radical (unpaired) electrons. The van der Waals surface area contributed by atoms with Crippen LogP contribution in [0.5, 0.6) is 5.75 Å². The number of methoxy groups -OCH3 is 1. The van der Waals surface area contributed by atoms with Gasteiger partial charge in [-0.1, -0.05) is 0 Å². The molecule has 0 aliphatic carbocycles. The van der Waals surface area contributed by atoms with Crippen molar-refractivity contribution < 1.29 is 9.53 Å². The zero-order valence-electron chi connectivity index (χ0n) is 12.8. The lowest BCUT2D eigenvalue weighted by Crippen LogP contribution is -2.44. The molecule has 112 valence electrons. The number of ether oxygens (including phenoxy) is 1.